The Morgan fingerprint density at radius 2 is 2.27 bits per heavy atom. The summed E-state index contributed by atoms with van der Waals surface area (Å²) in [6, 6.07) is 2.76. The Balaban J connectivity index is 1.83. The van der Waals surface area contributed by atoms with Crippen molar-refractivity contribution in [2.24, 2.45) is 18.9 Å². The van der Waals surface area contributed by atoms with Crippen molar-refractivity contribution in [2.75, 3.05) is 0 Å². The average molecular weight is 207 g/mol. The zero-order valence-electron chi connectivity index (χ0n) is 9.90. The van der Waals surface area contributed by atoms with Gasteiger partial charge >= 0.3 is 0 Å². The minimum Gasteiger partial charge on any atom is -0.308 e. The Bertz CT molecular complexity index is 318. The predicted molar refractivity (Wildman–Crippen MR) is 61.4 cm³/mol. The molecular formula is C12H21N3. The van der Waals surface area contributed by atoms with Crippen LogP contribution in [0.3, 0.4) is 0 Å². The largest absolute Gasteiger partial charge is 0.308 e. The van der Waals surface area contributed by atoms with Crippen LogP contribution in [-0.2, 0) is 13.6 Å². The minimum absolute atomic E-state index is 0.682. The van der Waals surface area contributed by atoms with E-state index in [0.29, 0.717) is 6.04 Å². The quantitative estimate of drug-likeness (QED) is 0.821. The van der Waals surface area contributed by atoms with Gasteiger partial charge in [-0.15, -0.1) is 0 Å². The SMILES string of the molecule is CC1CCC(NCc2ccn(C)n2)C1C. The monoisotopic (exact) mass is 207 g/mol. The Morgan fingerprint density at radius 1 is 1.47 bits per heavy atom. The van der Waals surface area contributed by atoms with E-state index in [4.69, 9.17) is 0 Å². The van der Waals surface area contributed by atoms with Crippen molar-refractivity contribution >= 4 is 0 Å². The maximum absolute atomic E-state index is 4.37. The van der Waals surface area contributed by atoms with E-state index in [1.165, 1.54) is 12.8 Å². The van der Waals surface area contributed by atoms with Crippen LogP contribution in [0.5, 0.6) is 0 Å². The smallest absolute Gasteiger partial charge is 0.0762 e. The number of hydrogen-bond acceptors (Lipinski definition) is 2. The third-order valence-electron chi connectivity index (χ3n) is 3.78. The number of aryl methyl sites for hydroxylation is 1. The number of nitrogens with zero attached hydrogens (tertiary/aromatic N) is 2. The highest BCUT2D eigenvalue weighted by Crippen LogP contribution is 2.31. The van der Waals surface area contributed by atoms with Gasteiger partial charge in [-0.05, 0) is 30.7 Å². The Morgan fingerprint density at radius 3 is 2.80 bits per heavy atom. The molecule has 0 spiro atoms. The third-order valence-corrected chi connectivity index (χ3v) is 3.78. The molecule has 0 aliphatic heterocycles. The fraction of sp³-hybridized carbons (Fsp3) is 0.750. The summed E-state index contributed by atoms with van der Waals surface area (Å²) in [6.07, 6.45) is 4.67. The summed E-state index contributed by atoms with van der Waals surface area (Å²) in [4.78, 5) is 0. The van der Waals surface area contributed by atoms with E-state index in [1.807, 2.05) is 17.9 Å². The summed E-state index contributed by atoms with van der Waals surface area (Å²) in [5.41, 5.74) is 1.14. The molecular weight excluding hydrogens is 186 g/mol. The summed E-state index contributed by atoms with van der Waals surface area (Å²) in [5.74, 6) is 1.67. The van der Waals surface area contributed by atoms with Crippen LogP contribution >= 0.6 is 0 Å². The Hall–Kier alpha value is -0.830. The van der Waals surface area contributed by atoms with Gasteiger partial charge < -0.3 is 5.32 Å². The second kappa shape index (κ2) is 4.35. The molecule has 0 bridgehead atoms. The molecule has 1 fully saturated rings. The second-order valence-electron chi connectivity index (χ2n) is 4.88. The molecule has 2 rings (SSSR count). The van der Waals surface area contributed by atoms with Crippen LogP contribution in [0.15, 0.2) is 12.3 Å². The van der Waals surface area contributed by atoms with Crippen molar-refractivity contribution in [3.8, 4) is 0 Å². The van der Waals surface area contributed by atoms with Crippen LogP contribution in [0, 0.1) is 11.8 Å². The first kappa shape index (κ1) is 10.7. The molecule has 3 unspecified atom stereocenters. The maximum Gasteiger partial charge on any atom is 0.0762 e. The zero-order valence-corrected chi connectivity index (χ0v) is 9.90. The lowest BCUT2D eigenvalue weighted by atomic mass is 9.98. The van der Waals surface area contributed by atoms with Gasteiger partial charge in [-0.25, -0.2) is 0 Å². The highest BCUT2D eigenvalue weighted by Gasteiger charge is 2.29. The molecule has 15 heavy (non-hydrogen) atoms. The molecule has 0 radical (unpaired) electrons. The van der Waals surface area contributed by atoms with Crippen molar-refractivity contribution in [3.05, 3.63) is 18.0 Å². The molecule has 1 N–H and O–H groups in total. The molecule has 1 aromatic rings. The number of aromatic nitrogens is 2. The first-order valence-electron chi connectivity index (χ1n) is 5.88. The van der Waals surface area contributed by atoms with Crippen molar-refractivity contribution in [1.82, 2.24) is 15.1 Å². The van der Waals surface area contributed by atoms with Crippen LogP contribution in [-0.4, -0.2) is 15.8 Å². The standard InChI is InChI=1S/C12H21N3/c1-9-4-5-12(10(9)2)13-8-11-6-7-15(3)14-11/h6-7,9-10,12-13H,4-5,8H2,1-3H3. The first-order chi connectivity index (χ1) is 7.16. The summed E-state index contributed by atoms with van der Waals surface area (Å²) in [7, 11) is 1.96. The molecule has 3 heteroatoms. The summed E-state index contributed by atoms with van der Waals surface area (Å²) < 4.78 is 1.86. The summed E-state index contributed by atoms with van der Waals surface area (Å²) in [6.45, 7) is 5.61. The van der Waals surface area contributed by atoms with Crippen molar-refractivity contribution in [3.63, 3.8) is 0 Å². The molecule has 3 atom stereocenters. The highest BCUT2D eigenvalue weighted by atomic mass is 15.3. The number of hydrogen-bond donors (Lipinski definition) is 1. The molecule has 3 nitrogen and oxygen atoms in total. The Kier molecular flexibility index (Phi) is 3.10. The topological polar surface area (TPSA) is 29.9 Å². The summed E-state index contributed by atoms with van der Waals surface area (Å²) >= 11 is 0. The Labute approximate surface area is 91.9 Å². The van der Waals surface area contributed by atoms with Crippen LogP contribution in [0.1, 0.15) is 32.4 Å². The van der Waals surface area contributed by atoms with E-state index in [9.17, 15) is 0 Å². The molecule has 84 valence electrons. The van der Waals surface area contributed by atoms with E-state index < -0.39 is 0 Å². The molecule has 1 saturated carbocycles. The van der Waals surface area contributed by atoms with Gasteiger partial charge in [0.1, 0.15) is 0 Å². The molecule has 1 aromatic heterocycles. The van der Waals surface area contributed by atoms with Gasteiger partial charge in [0, 0.05) is 25.8 Å². The third kappa shape index (κ3) is 2.40. The fourth-order valence-electron chi connectivity index (χ4n) is 2.45. The number of rotatable bonds is 3. The molecule has 0 aromatic carbocycles. The van der Waals surface area contributed by atoms with E-state index in [2.05, 4.69) is 30.3 Å². The number of nitrogens with one attached hydrogen (secondary N) is 1. The second-order valence-corrected chi connectivity index (χ2v) is 4.88. The maximum atomic E-state index is 4.37. The van der Waals surface area contributed by atoms with Crippen LogP contribution in [0.4, 0.5) is 0 Å². The van der Waals surface area contributed by atoms with Gasteiger partial charge in [0.15, 0.2) is 0 Å². The van der Waals surface area contributed by atoms with E-state index in [1.54, 1.807) is 0 Å². The van der Waals surface area contributed by atoms with Gasteiger partial charge in [0.25, 0.3) is 0 Å². The summed E-state index contributed by atoms with van der Waals surface area (Å²) in [5, 5.41) is 7.99. The van der Waals surface area contributed by atoms with E-state index in [-0.39, 0.29) is 0 Å². The van der Waals surface area contributed by atoms with Crippen LogP contribution in [0.25, 0.3) is 0 Å². The first-order valence-corrected chi connectivity index (χ1v) is 5.88. The predicted octanol–water partition coefficient (Wildman–Crippen LogP) is 1.94. The fourth-order valence-corrected chi connectivity index (χ4v) is 2.45. The molecule has 0 saturated heterocycles. The van der Waals surface area contributed by atoms with Crippen molar-refractivity contribution in [2.45, 2.75) is 39.3 Å². The lowest BCUT2D eigenvalue weighted by Gasteiger charge is -2.18. The van der Waals surface area contributed by atoms with Crippen LogP contribution in [0.2, 0.25) is 0 Å². The molecule has 0 amide bonds. The van der Waals surface area contributed by atoms with Gasteiger partial charge in [-0.1, -0.05) is 13.8 Å². The highest BCUT2D eigenvalue weighted by molar-refractivity contribution is 4.99. The lowest BCUT2D eigenvalue weighted by Crippen LogP contribution is -2.32. The van der Waals surface area contributed by atoms with Crippen molar-refractivity contribution < 1.29 is 0 Å². The van der Waals surface area contributed by atoms with Gasteiger partial charge in [0.05, 0.1) is 5.69 Å². The minimum atomic E-state index is 0.682. The van der Waals surface area contributed by atoms with Gasteiger partial charge in [-0.3, -0.25) is 4.68 Å². The van der Waals surface area contributed by atoms with Gasteiger partial charge in [-0.2, -0.15) is 5.10 Å². The van der Waals surface area contributed by atoms with E-state index in [0.717, 1.165) is 24.1 Å². The molecule has 1 heterocycles. The van der Waals surface area contributed by atoms with Gasteiger partial charge in [0.2, 0.25) is 0 Å². The van der Waals surface area contributed by atoms with Crippen LogP contribution < -0.4 is 5.32 Å². The molecule has 1 aliphatic carbocycles. The normalized spacial score (nSPS) is 31.0. The van der Waals surface area contributed by atoms with E-state index >= 15 is 0 Å². The average Bonchev–Trinajstić information content (AvgIpc) is 2.74. The van der Waals surface area contributed by atoms with Crippen molar-refractivity contribution in [1.29, 1.82) is 0 Å². The lowest BCUT2D eigenvalue weighted by molar-refractivity contribution is 0.368. The zero-order chi connectivity index (χ0) is 10.8. The molecule has 1 aliphatic rings.